The predicted molar refractivity (Wildman–Crippen MR) is 107 cm³/mol. The van der Waals surface area contributed by atoms with E-state index in [-0.39, 0.29) is 18.9 Å². The van der Waals surface area contributed by atoms with E-state index >= 15 is 0 Å². The average Bonchev–Trinajstić information content (AvgIpc) is 3.23. The second kappa shape index (κ2) is 7.76. The number of rotatable bonds is 4. The predicted octanol–water partition coefficient (Wildman–Crippen LogP) is 3.22. The van der Waals surface area contributed by atoms with Crippen LogP contribution in [0.4, 0.5) is 0 Å². The molecule has 0 saturated carbocycles. The van der Waals surface area contributed by atoms with Gasteiger partial charge in [0.15, 0.2) is 11.5 Å². The Morgan fingerprint density at radius 2 is 1.83 bits per heavy atom. The van der Waals surface area contributed by atoms with Crippen molar-refractivity contribution < 1.29 is 23.8 Å². The largest absolute Gasteiger partial charge is 0.497 e. The first-order valence-electron chi connectivity index (χ1n) is 9.23. The molecule has 0 atom stereocenters. The molecule has 4 rings (SSSR count). The number of hydrogen-bond donors (Lipinski definition) is 0. The second-order valence-corrected chi connectivity index (χ2v) is 6.83. The van der Waals surface area contributed by atoms with Crippen molar-refractivity contribution in [1.29, 1.82) is 5.26 Å². The fraction of sp³-hybridized carbons (Fsp3) is 0.174. The van der Waals surface area contributed by atoms with Gasteiger partial charge in [0.25, 0.3) is 11.8 Å². The highest BCUT2D eigenvalue weighted by Gasteiger charge is 2.35. The highest BCUT2D eigenvalue weighted by molar-refractivity contribution is 6.19. The standard InChI is InChI=1S/C23H18N2O5/c1-14-18(9-15-3-6-17(28-2)7-4-15)22(26)25(23(27)19(14)11-24)12-16-5-8-20-21(10-16)30-13-29-20/h3-10H,12-13H2,1-2H3/b18-9+. The molecule has 0 aromatic heterocycles. The number of carbonyl (C=O) groups excluding carboxylic acids is 2. The average molecular weight is 402 g/mol. The minimum Gasteiger partial charge on any atom is -0.497 e. The number of imide groups is 1. The zero-order chi connectivity index (χ0) is 21.3. The fourth-order valence-electron chi connectivity index (χ4n) is 3.36. The number of hydrogen-bond acceptors (Lipinski definition) is 6. The van der Waals surface area contributed by atoms with Gasteiger partial charge >= 0.3 is 0 Å². The molecule has 2 aromatic carbocycles. The molecule has 2 aliphatic heterocycles. The fourth-order valence-corrected chi connectivity index (χ4v) is 3.36. The van der Waals surface area contributed by atoms with Crippen LogP contribution in [0, 0.1) is 11.3 Å². The van der Waals surface area contributed by atoms with Crippen molar-refractivity contribution in [2.75, 3.05) is 13.9 Å². The van der Waals surface area contributed by atoms with Gasteiger partial charge in [-0.3, -0.25) is 14.5 Å². The maximum Gasteiger partial charge on any atom is 0.271 e. The van der Waals surface area contributed by atoms with Gasteiger partial charge in [0.05, 0.1) is 13.7 Å². The molecular weight excluding hydrogens is 384 g/mol. The van der Waals surface area contributed by atoms with Crippen molar-refractivity contribution in [1.82, 2.24) is 4.90 Å². The Morgan fingerprint density at radius 3 is 2.53 bits per heavy atom. The van der Waals surface area contributed by atoms with Gasteiger partial charge in [-0.15, -0.1) is 0 Å². The molecule has 2 aliphatic rings. The molecule has 30 heavy (non-hydrogen) atoms. The van der Waals surface area contributed by atoms with Crippen LogP contribution >= 0.6 is 0 Å². The SMILES string of the molecule is COc1ccc(/C=C2/C(=O)N(Cc3ccc4c(c3)OCO4)C(=O)C(C#N)=C2C)cc1. The number of methoxy groups -OCH3 is 1. The summed E-state index contributed by atoms with van der Waals surface area (Å²) in [5, 5.41) is 9.53. The number of ether oxygens (including phenoxy) is 3. The van der Waals surface area contributed by atoms with E-state index in [0.717, 1.165) is 10.5 Å². The van der Waals surface area contributed by atoms with Gasteiger partial charge in [0, 0.05) is 5.57 Å². The van der Waals surface area contributed by atoms with E-state index in [1.807, 2.05) is 6.07 Å². The smallest absolute Gasteiger partial charge is 0.271 e. The zero-order valence-electron chi connectivity index (χ0n) is 16.5. The van der Waals surface area contributed by atoms with Crippen LogP contribution in [-0.2, 0) is 16.1 Å². The van der Waals surface area contributed by atoms with Crippen LogP contribution in [0.3, 0.4) is 0 Å². The molecule has 2 aromatic rings. The Hall–Kier alpha value is -4.05. The molecule has 0 radical (unpaired) electrons. The lowest BCUT2D eigenvalue weighted by Gasteiger charge is -2.27. The van der Waals surface area contributed by atoms with E-state index in [9.17, 15) is 14.9 Å². The maximum absolute atomic E-state index is 13.2. The summed E-state index contributed by atoms with van der Waals surface area (Å²) in [5.74, 6) is 0.806. The van der Waals surface area contributed by atoms with Crippen LogP contribution < -0.4 is 14.2 Å². The molecular formula is C23H18N2O5. The lowest BCUT2D eigenvalue weighted by Crippen LogP contribution is -2.42. The topological polar surface area (TPSA) is 88.9 Å². The summed E-state index contributed by atoms with van der Waals surface area (Å²) in [4.78, 5) is 27.1. The first-order valence-corrected chi connectivity index (χ1v) is 9.23. The number of nitriles is 1. The van der Waals surface area contributed by atoms with Gasteiger partial charge in [0.1, 0.15) is 17.4 Å². The first-order chi connectivity index (χ1) is 14.5. The van der Waals surface area contributed by atoms with Crippen LogP contribution in [0.25, 0.3) is 6.08 Å². The summed E-state index contributed by atoms with van der Waals surface area (Å²) >= 11 is 0. The second-order valence-electron chi connectivity index (χ2n) is 6.83. The molecule has 0 saturated heterocycles. The number of nitrogens with zero attached hydrogens (tertiary/aromatic N) is 2. The molecule has 0 unspecified atom stereocenters. The van der Waals surface area contributed by atoms with E-state index < -0.39 is 11.8 Å². The quantitative estimate of drug-likeness (QED) is 0.576. The van der Waals surface area contributed by atoms with Gasteiger partial charge in [0.2, 0.25) is 6.79 Å². The van der Waals surface area contributed by atoms with Crippen LogP contribution in [-0.4, -0.2) is 30.6 Å². The maximum atomic E-state index is 13.2. The molecule has 0 N–H and O–H groups in total. The summed E-state index contributed by atoms with van der Waals surface area (Å²) in [6.45, 7) is 1.77. The minimum absolute atomic E-state index is 0.0206. The van der Waals surface area contributed by atoms with Crippen molar-refractivity contribution >= 4 is 17.9 Å². The van der Waals surface area contributed by atoms with E-state index in [0.29, 0.717) is 34.0 Å². The van der Waals surface area contributed by atoms with Crippen molar-refractivity contribution in [2.24, 2.45) is 0 Å². The van der Waals surface area contributed by atoms with Crippen LogP contribution in [0.1, 0.15) is 18.1 Å². The third kappa shape index (κ3) is 3.40. The summed E-state index contributed by atoms with van der Waals surface area (Å²) in [7, 11) is 1.57. The first kappa shape index (κ1) is 19.3. The van der Waals surface area contributed by atoms with Crippen molar-refractivity contribution in [2.45, 2.75) is 13.5 Å². The molecule has 7 heteroatoms. The highest BCUT2D eigenvalue weighted by atomic mass is 16.7. The van der Waals surface area contributed by atoms with E-state index in [1.54, 1.807) is 62.6 Å². The van der Waals surface area contributed by atoms with Crippen molar-refractivity contribution in [3.63, 3.8) is 0 Å². The van der Waals surface area contributed by atoms with Crippen LogP contribution in [0.2, 0.25) is 0 Å². The minimum atomic E-state index is -0.607. The summed E-state index contributed by atoms with van der Waals surface area (Å²) in [6, 6.07) is 14.3. The molecule has 0 bridgehead atoms. The third-order valence-corrected chi connectivity index (χ3v) is 5.03. The number of amides is 2. The number of fused-ring (bicyclic) bond motifs is 1. The summed E-state index contributed by atoms with van der Waals surface area (Å²) in [6.07, 6.45) is 1.67. The normalized spacial score (nSPS) is 16.8. The van der Waals surface area contributed by atoms with Crippen LogP contribution in [0.5, 0.6) is 17.2 Å². The highest BCUT2D eigenvalue weighted by Crippen LogP contribution is 2.34. The Labute approximate surface area is 173 Å². The third-order valence-electron chi connectivity index (χ3n) is 5.03. The molecule has 0 spiro atoms. The Bertz CT molecular complexity index is 1140. The van der Waals surface area contributed by atoms with E-state index in [4.69, 9.17) is 14.2 Å². The van der Waals surface area contributed by atoms with Gasteiger partial charge in [-0.05, 0) is 54.0 Å². The lowest BCUT2D eigenvalue weighted by atomic mass is 9.93. The van der Waals surface area contributed by atoms with Gasteiger partial charge < -0.3 is 14.2 Å². The molecule has 150 valence electrons. The monoisotopic (exact) mass is 402 g/mol. The Balaban J connectivity index is 1.70. The van der Waals surface area contributed by atoms with E-state index in [1.165, 1.54) is 0 Å². The molecule has 0 fully saturated rings. The van der Waals surface area contributed by atoms with Gasteiger partial charge in [-0.1, -0.05) is 18.2 Å². The molecule has 2 amide bonds. The number of benzene rings is 2. The van der Waals surface area contributed by atoms with Gasteiger partial charge in [-0.25, -0.2) is 0 Å². The van der Waals surface area contributed by atoms with E-state index in [2.05, 4.69) is 0 Å². The van der Waals surface area contributed by atoms with Gasteiger partial charge in [-0.2, -0.15) is 5.26 Å². The molecule has 2 heterocycles. The summed E-state index contributed by atoms with van der Waals surface area (Å²) in [5.41, 5.74) is 2.08. The van der Waals surface area contributed by atoms with Crippen molar-refractivity contribution in [3.05, 3.63) is 70.3 Å². The number of carbonyl (C=O) groups is 2. The lowest BCUT2D eigenvalue weighted by molar-refractivity contribution is -0.141. The van der Waals surface area contributed by atoms with Crippen LogP contribution in [0.15, 0.2) is 59.2 Å². The molecule has 7 nitrogen and oxygen atoms in total. The molecule has 0 aliphatic carbocycles. The Kier molecular flexibility index (Phi) is 4.98. The van der Waals surface area contributed by atoms with Crippen molar-refractivity contribution in [3.8, 4) is 23.3 Å². The zero-order valence-corrected chi connectivity index (χ0v) is 16.5. The summed E-state index contributed by atoms with van der Waals surface area (Å²) < 4.78 is 15.8. The Morgan fingerprint density at radius 1 is 1.10 bits per heavy atom.